The molecule has 0 spiro atoms. The molecule has 2 fully saturated rings. The molecule has 1 aliphatic heterocycles. The highest BCUT2D eigenvalue weighted by Crippen LogP contribution is 2.42. The van der Waals surface area contributed by atoms with Crippen molar-refractivity contribution in [2.45, 2.75) is 43.6 Å². The zero-order valence-corrected chi connectivity index (χ0v) is 10.3. The molecule has 0 bridgehead atoms. The van der Waals surface area contributed by atoms with Gasteiger partial charge in [-0.2, -0.15) is 0 Å². The number of rotatable bonds is 3. The highest BCUT2D eigenvalue weighted by Gasteiger charge is 2.32. The number of β-amino-alcohol motifs (C(OH)–C–C–N with tert-alkyl or cyclic N) is 1. The first kappa shape index (κ1) is 11.2. The van der Waals surface area contributed by atoms with Gasteiger partial charge in [0.25, 0.3) is 0 Å². The van der Waals surface area contributed by atoms with Gasteiger partial charge in [0.15, 0.2) is 0 Å². The molecular formula is C15H21NO. The van der Waals surface area contributed by atoms with Crippen LogP contribution in [0.4, 0.5) is 0 Å². The summed E-state index contributed by atoms with van der Waals surface area (Å²) in [5, 5.41) is 13.9. The van der Waals surface area contributed by atoms with Crippen LogP contribution in [0.25, 0.3) is 0 Å². The molecule has 1 heterocycles. The zero-order valence-electron chi connectivity index (χ0n) is 10.3. The van der Waals surface area contributed by atoms with Gasteiger partial charge in [0, 0.05) is 13.0 Å². The fourth-order valence-electron chi connectivity index (χ4n) is 2.95. The maximum absolute atomic E-state index is 10.6. The van der Waals surface area contributed by atoms with E-state index in [-0.39, 0.29) is 0 Å². The van der Waals surface area contributed by atoms with E-state index in [4.69, 9.17) is 0 Å². The molecule has 1 unspecified atom stereocenters. The number of piperidine rings is 1. The Labute approximate surface area is 103 Å². The van der Waals surface area contributed by atoms with Crippen LogP contribution in [0.3, 0.4) is 0 Å². The van der Waals surface area contributed by atoms with Gasteiger partial charge >= 0.3 is 0 Å². The molecule has 1 saturated heterocycles. The van der Waals surface area contributed by atoms with Gasteiger partial charge in [-0.05, 0) is 49.3 Å². The van der Waals surface area contributed by atoms with Crippen LogP contribution in [0, 0.1) is 0 Å². The van der Waals surface area contributed by atoms with Crippen molar-refractivity contribution < 1.29 is 5.11 Å². The Hall–Kier alpha value is -0.860. The Balaban J connectivity index is 1.79. The van der Waals surface area contributed by atoms with Crippen LogP contribution in [0.1, 0.15) is 42.7 Å². The molecule has 17 heavy (non-hydrogen) atoms. The third-order valence-electron chi connectivity index (χ3n) is 4.04. The largest absolute Gasteiger partial charge is 0.388 e. The molecule has 2 aliphatic rings. The van der Waals surface area contributed by atoms with Crippen LogP contribution in [-0.2, 0) is 6.42 Å². The van der Waals surface area contributed by atoms with Crippen molar-refractivity contribution in [1.29, 1.82) is 0 Å². The number of hydrogen-bond donors (Lipinski definition) is 2. The van der Waals surface area contributed by atoms with Crippen molar-refractivity contribution in [3.8, 4) is 0 Å². The quantitative estimate of drug-likeness (QED) is 0.836. The first-order valence-electron chi connectivity index (χ1n) is 6.78. The monoisotopic (exact) mass is 231 g/mol. The van der Waals surface area contributed by atoms with Crippen LogP contribution >= 0.6 is 0 Å². The summed E-state index contributed by atoms with van der Waals surface area (Å²) in [5.41, 5.74) is 2.32. The summed E-state index contributed by atoms with van der Waals surface area (Å²) in [7, 11) is 0. The predicted octanol–water partition coefficient (Wildman–Crippen LogP) is 2.22. The van der Waals surface area contributed by atoms with Crippen LogP contribution in [-0.4, -0.2) is 23.8 Å². The molecule has 3 rings (SSSR count). The zero-order chi connectivity index (χ0) is 11.7. The van der Waals surface area contributed by atoms with Gasteiger partial charge in [-0.1, -0.05) is 24.3 Å². The molecule has 1 aromatic carbocycles. The number of nitrogens with one attached hydrogen (secondary N) is 1. The van der Waals surface area contributed by atoms with E-state index in [1.165, 1.54) is 24.0 Å². The van der Waals surface area contributed by atoms with Crippen LogP contribution in [0.5, 0.6) is 0 Å². The first-order chi connectivity index (χ1) is 8.27. The van der Waals surface area contributed by atoms with E-state index in [2.05, 4.69) is 29.6 Å². The molecule has 0 amide bonds. The van der Waals surface area contributed by atoms with Crippen LogP contribution < -0.4 is 5.32 Å². The predicted molar refractivity (Wildman–Crippen MR) is 69.2 cm³/mol. The summed E-state index contributed by atoms with van der Waals surface area (Å²) in [6.07, 6.45) is 5.48. The fourth-order valence-corrected chi connectivity index (χ4v) is 2.95. The average molecular weight is 231 g/mol. The molecule has 2 N–H and O–H groups in total. The summed E-state index contributed by atoms with van der Waals surface area (Å²) < 4.78 is 0. The first-order valence-corrected chi connectivity index (χ1v) is 6.78. The highest BCUT2D eigenvalue weighted by atomic mass is 16.3. The van der Waals surface area contributed by atoms with Crippen LogP contribution in [0.2, 0.25) is 0 Å². The molecule has 1 saturated carbocycles. The fraction of sp³-hybridized carbons (Fsp3) is 0.600. The summed E-state index contributed by atoms with van der Waals surface area (Å²) in [6, 6.07) is 8.66. The molecular weight excluding hydrogens is 210 g/mol. The molecule has 1 aromatic rings. The van der Waals surface area contributed by atoms with Crippen molar-refractivity contribution in [1.82, 2.24) is 5.32 Å². The summed E-state index contributed by atoms with van der Waals surface area (Å²) >= 11 is 0. The second-order valence-corrected chi connectivity index (χ2v) is 5.65. The van der Waals surface area contributed by atoms with Crippen molar-refractivity contribution in [3.63, 3.8) is 0 Å². The van der Waals surface area contributed by atoms with Gasteiger partial charge in [0.2, 0.25) is 0 Å². The van der Waals surface area contributed by atoms with E-state index in [9.17, 15) is 5.11 Å². The lowest BCUT2D eigenvalue weighted by atomic mass is 9.85. The maximum Gasteiger partial charge on any atom is 0.0812 e. The van der Waals surface area contributed by atoms with Gasteiger partial charge in [0.1, 0.15) is 0 Å². The van der Waals surface area contributed by atoms with E-state index < -0.39 is 5.60 Å². The Morgan fingerprint density at radius 1 is 1.29 bits per heavy atom. The standard InChI is InChI=1S/C15H21NO/c17-15(8-3-9-16-11-15)10-13-4-1-2-5-14(13)12-6-7-12/h1-2,4-5,12,16-17H,3,6-11H2. The molecule has 2 heteroatoms. The second kappa shape index (κ2) is 4.43. The maximum atomic E-state index is 10.6. The minimum absolute atomic E-state index is 0.525. The minimum atomic E-state index is -0.525. The Morgan fingerprint density at radius 2 is 2.12 bits per heavy atom. The highest BCUT2D eigenvalue weighted by molar-refractivity contribution is 5.34. The summed E-state index contributed by atoms with van der Waals surface area (Å²) in [4.78, 5) is 0. The SMILES string of the molecule is OC1(Cc2ccccc2C2CC2)CCCNC1. The lowest BCUT2D eigenvalue weighted by Gasteiger charge is -2.33. The van der Waals surface area contributed by atoms with E-state index in [0.29, 0.717) is 0 Å². The van der Waals surface area contributed by atoms with Crippen molar-refractivity contribution in [2.75, 3.05) is 13.1 Å². The molecule has 92 valence electrons. The van der Waals surface area contributed by atoms with Gasteiger partial charge in [-0.15, -0.1) is 0 Å². The van der Waals surface area contributed by atoms with E-state index in [0.717, 1.165) is 38.3 Å². The average Bonchev–Trinajstić information content (AvgIpc) is 3.14. The van der Waals surface area contributed by atoms with Gasteiger partial charge in [-0.3, -0.25) is 0 Å². The number of benzene rings is 1. The van der Waals surface area contributed by atoms with E-state index in [1.807, 2.05) is 0 Å². The minimum Gasteiger partial charge on any atom is -0.388 e. The smallest absolute Gasteiger partial charge is 0.0812 e. The third-order valence-corrected chi connectivity index (χ3v) is 4.04. The molecule has 1 aliphatic carbocycles. The topological polar surface area (TPSA) is 32.3 Å². The number of aliphatic hydroxyl groups is 1. The van der Waals surface area contributed by atoms with Crippen molar-refractivity contribution in [3.05, 3.63) is 35.4 Å². The molecule has 0 radical (unpaired) electrons. The van der Waals surface area contributed by atoms with Gasteiger partial charge in [-0.25, -0.2) is 0 Å². The molecule has 1 atom stereocenters. The normalized spacial score (nSPS) is 29.2. The third kappa shape index (κ3) is 2.53. The lowest BCUT2D eigenvalue weighted by Crippen LogP contribution is -2.47. The molecule has 0 aromatic heterocycles. The van der Waals surface area contributed by atoms with E-state index >= 15 is 0 Å². The molecule has 2 nitrogen and oxygen atoms in total. The Bertz CT molecular complexity index is 392. The Kier molecular flexibility index (Phi) is 2.93. The lowest BCUT2D eigenvalue weighted by molar-refractivity contribution is 0.0168. The van der Waals surface area contributed by atoms with Gasteiger partial charge < -0.3 is 10.4 Å². The van der Waals surface area contributed by atoms with Crippen molar-refractivity contribution in [2.24, 2.45) is 0 Å². The number of hydrogen-bond acceptors (Lipinski definition) is 2. The second-order valence-electron chi connectivity index (χ2n) is 5.65. The van der Waals surface area contributed by atoms with E-state index in [1.54, 1.807) is 0 Å². The van der Waals surface area contributed by atoms with Crippen LogP contribution in [0.15, 0.2) is 24.3 Å². The van der Waals surface area contributed by atoms with Gasteiger partial charge in [0.05, 0.1) is 5.60 Å². The summed E-state index contributed by atoms with van der Waals surface area (Å²) in [6.45, 7) is 1.79. The summed E-state index contributed by atoms with van der Waals surface area (Å²) in [5.74, 6) is 0.770. The Morgan fingerprint density at radius 3 is 2.82 bits per heavy atom. The van der Waals surface area contributed by atoms with Crippen molar-refractivity contribution >= 4 is 0 Å².